The summed E-state index contributed by atoms with van der Waals surface area (Å²) in [6.45, 7) is 3.04. The molecule has 21 heavy (non-hydrogen) atoms. The van der Waals surface area contributed by atoms with Crippen LogP contribution in [0.2, 0.25) is 0 Å². The van der Waals surface area contributed by atoms with Crippen molar-refractivity contribution in [1.82, 2.24) is 0 Å². The maximum absolute atomic E-state index is 11.3. The fraction of sp³-hybridized carbons (Fsp3) is 0.400. The Morgan fingerprint density at radius 2 is 1.95 bits per heavy atom. The number of benzene rings is 1. The topological polar surface area (TPSA) is 70.0 Å². The van der Waals surface area contributed by atoms with Crippen LogP contribution in [0.25, 0.3) is 6.08 Å². The summed E-state index contributed by atoms with van der Waals surface area (Å²) < 4.78 is 4.82. The molecule has 0 heterocycles. The molecule has 0 radical (unpaired) electrons. The molecule has 6 heteroatoms. The molecule has 1 aromatic rings. The number of aliphatic hydroxyl groups excluding tert-OH is 2. The number of hydrogen-bond acceptors (Lipinski definition) is 5. The monoisotopic (exact) mass is 315 g/mol. The normalized spacial score (nSPS) is 10.2. The molecular weight excluding hydrogens is 294 g/mol. The molecule has 0 aliphatic rings. The average molecular weight is 316 g/mol. The minimum absolute atomic E-state index is 0. The Morgan fingerprint density at radius 3 is 2.52 bits per heavy atom. The lowest BCUT2D eigenvalue weighted by Gasteiger charge is -2.23. The molecule has 0 saturated carbocycles. The van der Waals surface area contributed by atoms with Gasteiger partial charge in [0.25, 0.3) is 0 Å². The first-order valence-corrected chi connectivity index (χ1v) is 6.62. The van der Waals surface area contributed by atoms with Crippen LogP contribution in [0.5, 0.6) is 0 Å². The number of hydrogen-bond donors (Lipinski definition) is 2. The van der Waals surface area contributed by atoms with Gasteiger partial charge in [0, 0.05) is 24.9 Å². The zero-order valence-corrected chi connectivity index (χ0v) is 12.9. The molecule has 118 valence electrons. The van der Waals surface area contributed by atoms with Crippen LogP contribution in [0, 0.1) is 0 Å². The third-order valence-corrected chi connectivity index (χ3v) is 2.67. The van der Waals surface area contributed by atoms with E-state index in [1.165, 1.54) is 6.08 Å². The zero-order chi connectivity index (χ0) is 14.8. The van der Waals surface area contributed by atoms with Crippen LogP contribution < -0.4 is 4.90 Å². The van der Waals surface area contributed by atoms with Crippen molar-refractivity contribution in [1.29, 1.82) is 0 Å². The largest absolute Gasteiger partial charge is 0.463 e. The Kier molecular flexibility index (Phi) is 10.3. The average Bonchev–Trinajstić information content (AvgIpc) is 2.45. The summed E-state index contributed by atoms with van der Waals surface area (Å²) in [6, 6.07) is 7.52. The van der Waals surface area contributed by atoms with Crippen molar-refractivity contribution in [2.75, 3.05) is 37.8 Å². The van der Waals surface area contributed by atoms with Crippen molar-refractivity contribution < 1.29 is 19.7 Å². The van der Waals surface area contributed by atoms with E-state index in [0.717, 1.165) is 11.3 Å². The summed E-state index contributed by atoms with van der Waals surface area (Å²) in [5, 5.41) is 18.1. The lowest BCUT2D eigenvalue weighted by atomic mass is 10.1. The van der Waals surface area contributed by atoms with Gasteiger partial charge in [-0.25, -0.2) is 4.79 Å². The molecule has 0 unspecified atom stereocenters. The van der Waals surface area contributed by atoms with Gasteiger partial charge in [0.2, 0.25) is 0 Å². The summed E-state index contributed by atoms with van der Waals surface area (Å²) in [7, 11) is 0. The van der Waals surface area contributed by atoms with Crippen molar-refractivity contribution in [3.05, 3.63) is 35.9 Å². The molecule has 0 fully saturated rings. The molecule has 0 spiro atoms. The first-order chi connectivity index (χ1) is 9.71. The smallest absolute Gasteiger partial charge is 0.330 e. The molecule has 1 aromatic carbocycles. The maximum Gasteiger partial charge on any atom is 0.330 e. The molecule has 1 rings (SSSR count). The van der Waals surface area contributed by atoms with Crippen molar-refractivity contribution >= 4 is 30.1 Å². The Hall–Kier alpha value is -1.56. The van der Waals surface area contributed by atoms with Crippen molar-refractivity contribution in [2.45, 2.75) is 6.92 Å². The summed E-state index contributed by atoms with van der Waals surface area (Å²) in [5.41, 5.74) is 1.75. The maximum atomic E-state index is 11.3. The first-order valence-electron chi connectivity index (χ1n) is 6.62. The van der Waals surface area contributed by atoms with E-state index in [9.17, 15) is 4.79 Å². The van der Waals surface area contributed by atoms with Gasteiger partial charge in [-0.05, 0) is 30.7 Å². The second-order valence-corrected chi connectivity index (χ2v) is 4.11. The Balaban J connectivity index is 0.00000400. The van der Waals surface area contributed by atoms with E-state index in [-0.39, 0.29) is 31.6 Å². The predicted octanol–water partition coefficient (Wildman–Crippen LogP) is 1.48. The second-order valence-electron chi connectivity index (χ2n) is 4.11. The van der Waals surface area contributed by atoms with Gasteiger partial charge in [-0.15, -0.1) is 12.4 Å². The second kappa shape index (κ2) is 11.1. The summed E-state index contributed by atoms with van der Waals surface area (Å²) in [6.07, 6.45) is 3.06. The summed E-state index contributed by atoms with van der Waals surface area (Å²) in [5.74, 6) is -0.375. The third kappa shape index (κ3) is 7.13. The van der Waals surface area contributed by atoms with Gasteiger partial charge < -0.3 is 19.8 Å². The van der Waals surface area contributed by atoms with E-state index in [4.69, 9.17) is 14.9 Å². The summed E-state index contributed by atoms with van der Waals surface area (Å²) >= 11 is 0. The molecule has 2 N–H and O–H groups in total. The van der Waals surface area contributed by atoms with E-state index in [1.54, 1.807) is 13.0 Å². The van der Waals surface area contributed by atoms with Crippen LogP contribution in [0.15, 0.2) is 30.3 Å². The molecule has 0 aromatic heterocycles. The lowest BCUT2D eigenvalue weighted by molar-refractivity contribution is -0.137. The Bertz CT molecular complexity index is 445. The highest BCUT2D eigenvalue weighted by molar-refractivity contribution is 5.87. The van der Waals surface area contributed by atoms with Crippen LogP contribution in [-0.2, 0) is 9.53 Å². The number of anilines is 1. The van der Waals surface area contributed by atoms with Crippen LogP contribution in [-0.4, -0.2) is 49.1 Å². The van der Waals surface area contributed by atoms with Gasteiger partial charge in [0.05, 0.1) is 19.8 Å². The van der Waals surface area contributed by atoms with E-state index >= 15 is 0 Å². The number of halogens is 1. The molecule has 0 bridgehead atoms. The number of carbonyl (C=O) groups is 1. The van der Waals surface area contributed by atoms with E-state index in [0.29, 0.717) is 19.7 Å². The van der Waals surface area contributed by atoms with E-state index < -0.39 is 0 Å². The highest BCUT2D eigenvalue weighted by atomic mass is 35.5. The van der Waals surface area contributed by atoms with E-state index in [2.05, 4.69) is 0 Å². The quantitative estimate of drug-likeness (QED) is 0.561. The fourth-order valence-corrected chi connectivity index (χ4v) is 1.79. The molecule has 0 saturated heterocycles. The summed E-state index contributed by atoms with van der Waals surface area (Å²) in [4.78, 5) is 13.1. The van der Waals surface area contributed by atoms with E-state index in [1.807, 2.05) is 29.2 Å². The molecule has 0 aliphatic heterocycles. The first kappa shape index (κ1) is 19.4. The minimum atomic E-state index is -0.375. The van der Waals surface area contributed by atoms with Crippen molar-refractivity contribution in [3.63, 3.8) is 0 Å². The van der Waals surface area contributed by atoms with Crippen LogP contribution in [0.4, 0.5) is 5.69 Å². The Morgan fingerprint density at radius 1 is 1.29 bits per heavy atom. The number of nitrogens with zero attached hydrogens (tertiary/aromatic N) is 1. The van der Waals surface area contributed by atoms with Gasteiger partial charge >= 0.3 is 5.97 Å². The molecule has 0 atom stereocenters. The number of aliphatic hydroxyl groups is 2. The standard InChI is InChI=1S/C15H21NO4.ClH/c1-2-20-15(19)7-6-13-4-3-5-14(12-13)16(8-10-17)9-11-18;/h3-7,12,17-18H,2,8-11H2,1H3;1H. The highest BCUT2D eigenvalue weighted by Gasteiger charge is 2.05. The number of esters is 1. The van der Waals surface area contributed by atoms with Gasteiger partial charge in [-0.2, -0.15) is 0 Å². The molecule has 0 aliphatic carbocycles. The SMILES string of the molecule is CCOC(=O)C=Cc1cccc(N(CCO)CCO)c1.Cl. The van der Waals surface area contributed by atoms with Crippen LogP contribution >= 0.6 is 12.4 Å². The molecular formula is C15H22ClNO4. The fourth-order valence-electron chi connectivity index (χ4n) is 1.79. The minimum Gasteiger partial charge on any atom is -0.463 e. The Labute approximate surface area is 131 Å². The zero-order valence-electron chi connectivity index (χ0n) is 12.1. The number of ether oxygens (including phenoxy) is 1. The van der Waals surface area contributed by atoms with Crippen LogP contribution in [0.3, 0.4) is 0 Å². The van der Waals surface area contributed by atoms with Crippen molar-refractivity contribution in [3.8, 4) is 0 Å². The highest BCUT2D eigenvalue weighted by Crippen LogP contribution is 2.16. The van der Waals surface area contributed by atoms with Gasteiger partial charge in [-0.1, -0.05) is 12.1 Å². The molecule has 5 nitrogen and oxygen atoms in total. The van der Waals surface area contributed by atoms with Gasteiger partial charge in [-0.3, -0.25) is 0 Å². The van der Waals surface area contributed by atoms with Crippen LogP contribution in [0.1, 0.15) is 12.5 Å². The lowest BCUT2D eigenvalue weighted by Crippen LogP contribution is -2.29. The third-order valence-electron chi connectivity index (χ3n) is 2.67. The number of carbonyl (C=O) groups excluding carboxylic acids is 1. The number of rotatable bonds is 8. The van der Waals surface area contributed by atoms with Gasteiger partial charge in [0.15, 0.2) is 0 Å². The van der Waals surface area contributed by atoms with Crippen molar-refractivity contribution in [2.24, 2.45) is 0 Å². The molecule has 0 amide bonds. The predicted molar refractivity (Wildman–Crippen MR) is 85.7 cm³/mol. The van der Waals surface area contributed by atoms with Gasteiger partial charge in [0.1, 0.15) is 0 Å².